The van der Waals surface area contributed by atoms with E-state index in [9.17, 15) is 5.41 Å². The molecule has 1 aliphatic rings. The molecule has 4 aromatic heterocycles. The van der Waals surface area contributed by atoms with Gasteiger partial charge in [-0.1, -0.05) is 127 Å². The molecule has 4 heterocycles. The molecule has 0 radical (unpaired) electrons. The van der Waals surface area contributed by atoms with E-state index in [1.807, 2.05) is 115 Å². The van der Waals surface area contributed by atoms with Gasteiger partial charge in [-0.15, -0.1) is 0 Å². The molecule has 9 aromatic rings. The fraction of sp³-hybridized carbons (Fsp3) is 0. The quantitative estimate of drug-likeness (QED) is 0.150. The predicted molar refractivity (Wildman–Crippen MR) is 241 cm³/mol. The smallest absolute Gasteiger partial charge is 0.117 e. The van der Waals surface area contributed by atoms with E-state index >= 15 is 0 Å². The first-order valence-corrected chi connectivity index (χ1v) is 19.4. The minimum absolute atomic E-state index is 0.348. The molecular weight excluding hydrogens is 723 g/mol. The van der Waals surface area contributed by atoms with Gasteiger partial charge in [-0.3, -0.25) is 20.8 Å². The molecule has 1 aliphatic carbocycles. The predicted octanol–water partition coefficient (Wildman–Crippen LogP) is 12.1. The molecule has 7 heteroatoms. The lowest BCUT2D eigenvalue weighted by Gasteiger charge is -2.24. The van der Waals surface area contributed by atoms with Gasteiger partial charge >= 0.3 is 0 Å². The van der Waals surface area contributed by atoms with Gasteiger partial charge in [0.2, 0.25) is 0 Å². The Morgan fingerprint density at radius 2 is 1.00 bits per heavy atom. The van der Waals surface area contributed by atoms with E-state index in [2.05, 4.69) is 88.2 Å². The number of para-hydroxylation sites is 2. The van der Waals surface area contributed by atoms with E-state index in [0.29, 0.717) is 11.4 Å². The molecule has 10 rings (SSSR count). The van der Waals surface area contributed by atoms with E-state index in [-0.39, 0.29) is 0 Å². The Balaban J connectivity index is 1.03. The number of nitrogens with zero attached hydrogens (tertiary/aromatic N) is 5. The minimum Gasteiger partial charge on any atom is -0.298 e. The molecule has 0 saturated carbocycles. The second-order valence-corrected chi connectivity index (χ2v) is 14.2. The van der Waals surface area contributed by atoms with Crippen LogP contribution in [0.4, 0.5) is 5.69 Å². The highest BCUT2D eigenvalue weighted by atomic mass is 15.3. The van der Waals surface area contributed by atoms with Gasteiger partial charge in [0.1, 0.15) is 5.71 Å². The summed E-state index contributed by atoms with van der Waals surface area (Å²) in [5.41, 5.74) is 18.7. The summed E-state index contributed by atoms with van der Waals surface area (Å²) in [7, 11) is 0. The van der Waals surface area contributed by atoms with Crippen LogP contribution in [0.15, 0.2) is 199 Å². The van der Waals surface area contributed by atoms with Crippen molar-refractivity contribution in [1.82, 2.24) is 19.9 Å². The number of allylic oxidation sites excluding steroid dienone is 1. The largest absolute Gasteiger partial charge is 0.298 e. The Hall–Kier alpha value is -8.16. The zero-order valence-electron chi connectivity index (χ0n) is 31.8. The highest BCUT2D eigenvalue weighted by molar-refractivity contribution is 6.65. The zero-order valence-corrected chi connectivity index (χ0v) is 31.8. The highest BCUT2D eigenvalue weighted by Gasteiger charge is 2.29. The van der Waals surface area contributed by atoms with Gasteiger partial charge in [-0.05, 0) is 88.5 Å². The summed E-state index contributed by atoms with van der Waals surface area (Å²) in [5, 5.41) is 15.4. The Bertz CT molecular complexity index is 2980. The van der Waals surface area contributed by atoms with Crippen molar-refractivity contribution in [3.8, 4) is 56.3 Å². The van der Waals surface area contributed by atoms with Crippen LogP contribution in [0.3, 0.4) is 0 Å². The number of pyridine rings is 4. The van der Waals surface area contributed by atoms with Crippen molar-refractivity contribution in [2.45, 2.75) is 0 Å². The van der Waals surface area contributed by atoms with E-state index in [1.54, 1.807) is 12.4 Å². The van der Waals surface area contributed by atoms with Crippen molar-refractivity contribution in [3.05, 3.63) is 211 Å². The first-order valence-electron chi connectivity index (χ1n) is 19.4. The van der Waals surface area contributed by atoms with Crippen molar-refractivity contribution in [2.75, 3.05) is 5.43 Å². The molecule has 278 valence electrons. The second kappa shape index (κ2) is 15.4. The molecule has 2 N–H and O–H groups in total. The number of hydrazone groups is 1. The maximum Gasteiger partial charge on any atom is 0.117 e. The van der Waals surface area contributed by atoms with Gasteiger partial charge in [0.15, 0.2) is 0 Å². The van der Waals surface area contributed by atoms with E-state index in [0.717, 1.165) is 95.1 Å². The summed E-state index contributed by atoms with van der Waals surface area (Å²) in [6, 6.07) is 61.1. The summed E-state index contributed by atoms with van der Waals surface area (Å²) < 4.78 is 0. The number of benzene rings is 5. The zero-order chi connectivity index (χ0) is 39.5. The van der Waals surface area contributed by atoms with Crippen LogP contribution >= 0.6 is 0 Å². The van der Waals surface area contributed by atoms with Crippen LogP contribution in [-0.2, 0) is 0 Å². The summed E-state index contributed by atoms with van der Waals surface area (Å²) in [5.74, 6) is 0. The first-order chi connectivity index (χ1) is 29.2. The van der Waals surface area contributed by atoms with Crippen molar-refractivity contribution in [3.63, 3.8) is 0 Å². The van der Waals surface area contributed by atoms with E-state index < -0.39 is 0 Å². The summed E-state index contributed by atoms with van der Waals surface area (Å²) in [6.07, 6.45) is 5.68. The topological polar surface area (TPSA) is 99.8 Å². The lowest BCUT2D eigenvalue weighted by Crippen LogP contribution is -2.24. The molecule has 5 aromatic carbocycles. The Morgan fingerprint density at radius 3 is 1.61 bits per heavy atom. The number of anilines is 1. The van der Waals surface area contributed by atoms with Gasteiger partial charge in [-0.2, -0.15) is 5.10 Å². The first kappa shape index (κ1) is 35.3. The molecule has 0 unspecified atom stereocenters. The van der Waals surface area contributed by atoms with E-state index in [1.165, 1.54) is 0 Å². The number of aromatic nitrogens is 4. The van der Waals surface area contributed by atoms with Gasteiger partial charge < -0.3 is 0 Å². The number of hydrogen-bond acceptors (Lipinski definition) is 7. The monoisotopic (exact) mass is 757 g/mol. The van der Waals surface area contributed by atoms with Gasteiger partial charge in [0, 0.05) is 40.0 Å². The minimum atomic E-state index is 0.348. The average Bonchev–Trinajstić information content (AvgIpc) is 3.32. The van der Waals surface area contributed by atoms with Crippen LogP contribution in [0, 0.1) is 5.41 Å². The Labute approximate surface area is 341 Å². The van der Waals surface area contributed by atoms with Crippen LogP contribution in [0.25, 0.3) is 78.8 Å². The van der Waals surface area contributed by atoms with Gasteiger partial charge in [0.25, 0.3) is 0 Å². The third-order valence-electron chi connectivity index (χ3n) is 10.5. The molecule has 0 atom stereocenters. The SMILES string of the molecule is N=C1C(c2ccccc2)=Cc2c(-c3ccc(-c4ccc(-c5cc(-c6ccccn6)nc(-c6ccccn6)c5)cc4)cc3)nc3ccccc3c2/C1=N/Nc1ccccc1. The lowest BCUT2D eigenvalue weighted by molar-refractivity contribution is 1.22. The third kappa shape index (κ3) is 6.98. The average molecular weight is 758 g/mol. The fourth-order valence-electron chi connectivity index (χ4n) is 7.57. The lowest BCUT2D eigenvalue weighted by atomic mass is 9.82. The van der Waals surface area contributed by atoms with Crippen molar-refractivity contribution < 1.29 is 0 Å². The fourth-order valence-corrected chi connectivity index (χ4v) is 7.57. The molecule has 7 nitrogen and oxygen atoms in total. The number of fused-ring (bicyclic) bond motifs is 3. The van der Waals surface area contributed by atoms with Crippen LogP contribution in [0.1, 0.15) is 16.7 Å². The maximum atomic E-state index is 9.51. The second-order valence-electron chi connectivity index (χ2n) is 14.2. The van der Waals surface area contributed by atoms with Crippen molar-refractivity contribution >= 4 is 39.7 Å². The Morgan fingerprint density at radius 1 is 0.458 bits per heavy atom. The number of rotatable bonds is 8. The standard InChI is InChI=1S/C52H35N7/c53-50-42(37-13-3-1-4-14-37)33-43-49(52(50)59-58-40-15-5-2-6-16-40)41-17-7-8-18-44(41)57-51(43)38-27-25-35(26-28-38)34-21-23-36(24-22-34)39-31-47(45-19-9-11-29-54-45)56-48(32-39)46-20-10-12-30-55-46/h1-33,53,58H/b53-50?,59-52-. The van der Waals surface area contributed by atoms with Gasteiger partial charge in [-0.25, -0.2) is 9.97 Å². The molecule has 0 saturated heterocycles. The van der Waals surface area contributed by atoms with Crippen LogP contribution in [0.2, 0.25) is 0 Å². The molecule has 0 bridgehead atoms. The normalized spacial score (nSPS) is 12.9. The molecule has 0 aliphatic heterocycles. The molecular formula is C52H35N7. The summed E-state index contributed by atoms with van der Waals surface area (Å²) in [6.45, 7) is 0. The number of hydrogen-bond donors (Lipinski definition) is 2. The van der Waals surface area contributed by atoms with Crippen molar-refractivity contribution in [1.29, 1.82) is 5.41 Å². The third-order valence-corrected chi connectivity index (χ3v) is 10.5. The molecule has 0 amide bonds. The van der Waals surface area contributed by atoms with Crippen LogP contribution in [-0.4, -0.2) is 31.4 Å². The Kier molecular flexibility index (Phi) is 9.21. The van der Waals surface area contributed by atoms with Crippen molar-refractivity contribution in [2.24, 2.45) is 5.10 Å². The highest BCUT2D eigenvalue weighted by Crippen LogP contribution is 2.39. The van der Waals surface area contributed by atoms with Crippen LogP contribution in [0.5, 0.6) is 0 Å². The van der Waals surface area contributed by atoms with Gasteiger partial charge in [0.05, 0.1) is 45.4 Å². The molecule has 0 fully saturated rings. The van der Waals surface area contributed by atoms with E-state index in [4.69, 9.17) is 15.1 Å². The molecule has 59 heavy (non-hydrogen) atoms. The summed E-state index contributed by atoms with van der Waals surface area (Å²) >= 11 is 0. The summed E-state index contributed by atoms with van der Waals surface area (Å²) in [4.78, 5) is 19.4. The molecule has 0 spiro atoms. The maximum absolute atomic E-state index is 9.51. The number of nitrogens with one attached hydrogen (secondary N) is 2. The van der Waals surface area contributed by atoms with Crippen LogP contribution < -0.4 is 5.43 Å².